The summed E-state index contributed by atoms with van der Waals surface area (Å²) in [5.74, 6) is 0. The Morgan fingerprint density at radius 1 is 0.941 bits per heavy atom. The number of hydrogen-bond acceptors (Lipinski definition) is 0. The maximum atomic E-state index is 6.37. The van der Waals surface area contributed by atoms with Crippen molar-refractivity contribution in [3.8, 4) is 0 Å². The molecule has 0 amide bonds. The maximum absolute atomic E-state index is 6.37. The summed E-state index contributed by atoms with van der Waals surface area (Å²) in [6.07, 6.45) is 0.739. The second kappa shape index (κ2) is 5.77. The van der Waals surface area contributed by atoms with Gasteiger partial charge < -0.3 is 0 Å². The molecule has 0 bridgehead atoms. The molecule has 0 spiro atoms. The fourth-order valence-electron chi connectivity index (χ4n) is 1.69. The van der Waals surface area contributed by atoms with Gasteiger partial charge in [0.05, 0.1) is 5.38 Å². The van der Waals surface area contributed by atoms with Crippen LogP contribution in [0.4, 0.5) is 0 Å². The minimum Gasteiger partial charge on any atom is -0.117 e. The van der Waals surface area contributed by atoms with E-state index in [4.69, 9.17) is 34.8 Å². The van der Waals surface area contributed by atoms with Gasteiger partial charge in [0.25, 0.3) is 0 Å². The molecular weight excluding hydrogens is 275 g/mol. The van der Waals surface area contributed by atoms with E-state index in [9.17, 15) is 0 Å². The first-order valence-corrected chi connectivity index (χ1v) is 6.49. The summed E-state index contributed by atoms with van der Waals surface area (Å²) < 4.78 is 0. The smallest absolute Gasteiger partial charge is 0.0640 e. The number of alkyl halides is 1. The molecule has 0 radical (unpaired) electrons. The zero-order valence-corrected chi connectivity index (χ0v) is 11.3. The van der Waals surface area contributed by atoms with Crippen LogP contribution in [0.3, 0.4) is 0 Å². The van der Waals surface area contributed by atoms with Crippen LogP contribution in [0.5, 0.6) is 0 Å². The van der Waals surface area contributed by atoms with Gasteiger partial charge in [0, 0.05) is 10.0 Å². The van der Waals surface area contributed by atoms with Gasteiger partial charge in [0.15, 0.2) is 0 Å². The van der Waals surface area contributed by atoms with Crippen LogP contribution < -0.4 is 0 Å². The van der Waals surface area contributed by atoms with E-state index in [1.165, 1.54) is 5.56 Å². The Bertz CT molecular complexity index is 494. The van der Waals surface area contributed by atoms with E-state index >= 15 is 0 Å². The highest BCUT2D eigenvalue weighted by atomic mass is 35.5. The Hall–Kier alpha value is -0.690. The summed E-state index contributed by atoms with van der Waals surface area (Å²) in [7, 11) is 0. The highest BCUT2D eigenvalue weighted by Crippen LogP contribution is 2.32. The fraction of sp³-hybridized carbons (Fsp3) is 0.143. The van der Waals surface area contributed by atoms with Gasteiger partial charge in [0.2, 0.25) is 0 Å². The van der Waals surface area contributed by atoms with Gasteiger partial charge in [-0.05, 0) is 35.7 Å². The lowest BCUT2D eigenvalue weighted by atomic mass is 10.0. The zero-order chi connectivity index (χ0) is 12.3. The molecule has 0 nitrogen and oxygen atoms in total. The molecular formula is C14H11Cl3. The molecule has 0 saturated heterocycles. The normalized spacial score (nSPS) is 12.4. The Morgan fingerprint density at radius 3 is 2.35 bits per heavy atom. The molecule has 0 heterocycles. The van der Waals surface area contributed by atoms with E-state index in [2.05, 4.69) is 0 Å². The Balaban J connectivity index is 2.20. The summed E-state index contributed by atoms with van der Waals surface area (Å²) in [6.45, 7) is 0. The van der Waals surface area contributed by atoms with Gasteiger partial charge >= 0.3 is 0 Å². The van der Waals surface area contributed by atoms with Crippen molar-refractivity contribution in [1.29, 1.82) is 0 Å². The lowest BCUT2D eigenvalue weighted by molar-refractivity contribution is 0.920. The molecule has 3 heteroatoms. The van der Waals surface area contributed by atoms with Crippen molar-refractivity contribution >= 4 is 34.8 Å². The average molecular weight is 286 g/mol. The van der Waals surface area contributed by atoms with E-state index < -0.39 is 0 Å². The van der Waals surface area contributed by atoms with E-state index in [0.29, 0.717) is 10.0 Å². The van der Waals surface area contributed by atoms with Gasteiger partial charge in [-0.1, -0.05) is 53.5 Å². The Kier molecular flexibility index (Phi) is 4.33. The molecule has 2 rings (SSSR count). The molecule has 2 aromatic rings. The van der Waals surface area contributed by atoms with Crippen LogP contribution in [-0.4, -0.2) is 0 Å². The van der Waals surface area contributed by atoms with Crippen molar-refractivity contribution in [1.82, 2.24) is 0 Å². The summed E-state index contributed by atoms with van der Waals surface area (Å²) in [6, 6.07) is 15.4. The molecule has 17 heavy (non-hydrogen) atoms. The van der Waals surface area contributed by atoms with E-state index in [1.807, 2.05) is 36.4 Å². The molecule has 0 fully saturated rings. The SMILES string of the molecule is Clc1ccc(Cl)c(C(Cl)Cc2ccccc2)c1. The molecule has 2 aromatic carbocycles. The van der Waals surface area contributed by atoms with Crippen LogP contribution in [0, 0.1) is 0 Å². The number of benzene rings is 2. The van der Waals surface area contributed by atoms with Crippen LogP contribution in [0.25, 0.3) is 0 Å². The van der Waals surface area contributed by atoms with Crippen LogP contribution in [0.1, 0.15) is 16.5 Å². The van der Waals surface area contributed by atoms with Crippen molar-refractivity contribution in [3.05, 3.63) is 69.7 Å². The molecule has 0 saturated carbocycles. The Labute approximate surface area is 116 Å². The van der Waals surface area contributed by atoms with Crippen LogP contribution in [-0.2, 0) is 6.42 Å². The molecule has 1 unspecified atom stereocenters. The van der Waals surface area contributed by atoms with Crippen LogP contribution >= 0.6 is 34.8 Å². The van der Waals surface area contributed by atoms with Crippen LogP contribution in [0.2, 0.25) is 10.0 Å². The van der Waals surface area contributed by atoms with Gasteiger partial charge in [-0.2, -0.15) is 0 Å². The molecule has 0 aliphatic heterocycles. The minimum absolute atomic E-state index is 0.163. The van der Waals surface area contributed by atoms with Crippen molar-refractivity contribution in [2.45, 2.75) is 11.8 Å². The Morgan fingerprint density at radius 2 is 1.65 bits per heavy atom. The highest BCUT2D eigenvalue weighted by Gasteiger charge is 2.13. The maximum Gasteiger partial charge on any atom is 0.0640 e. The van der Waals surface area contributed by atoms with Gasteiger partial charge in [-0.15, -0.1) is 11.6 Å². The summed E-state index contributed by atoms with van der Waals surface area (Å²) >= 11 is 18.4. The summed E-state index contributed by atoms with van der Waals surface area (Å²) in [5.41, 5.74) is 2.06. The number of rotatable bonds is 3. The second-order valence-electron chi connectivity index (χ2n) is 3.82. The topological polar surface area (TPSA) is 0 Å². The fourth-order valence-corrected chi connectivity index (χ4v) is 2.53. The lowest BCUT2D eigenvalue weighted by Crippen LogP contribution is -1.96. The zero-order valence-electron chi connectivity index (χ0n) is 9.04. The van der Waals surface area contributed by atoms with Crippen LogP contribution in [0.15, 0.2) is 48.5 Å². The standard InChI is InChI=1S/C14H11Cl3/c15-11-6-7-13(16)12(9-11)14(17)8-10-4-2-1-3-5-10/h1-7,9,14H,8H2. The van der Waals surface area contributed by atoms with Crippen molar-refractivity contribution < 1.29 is 0 Å². The first kappa shape index (κ1) is 12.8. The third kappa shape index (κ3) is 3.38. The van der Waals surface area contributed by atoms with Crippen molar-refractivity contribution in [3.63, 3.8) is 0 Å². The first-order chi connectivity index (χ1) is 8.16. The molecule has 88 valence electrons. The monoisotopic (exact) mass is 284 g/mol. The predicted molar refractivity (Wildman–Crippen MR) is 75.2 cm³/mol. The first-order valence-electron chi connectivity index (χ1n) is 5.30. The molecule has 0 aromatic heterocycles. The quantitative estimate of drug-likeness (QED) is 0.652. The number of hydrogen-bond donors (Lipinski definition) is 0. The average Bonchev–Trinajstić information content (AvgIpc) is 2.33. The third-order valence-electron chi connectivity index (χ3n) is 2.55. The number of halogens is 3. The van der Waals surface area contributed by atoms with Crippen molar-refractivity contribution in [2.75, 3.05) is 0 Å². The van der Waals surface area contributed by atoms with Gasteiger partial charge in [-0.3, -0.25) is 0 Å². The third-order valence-corrected chi connectivity index (χ3v) is 3.52. The minimum atomic E-state index is -0.163. The predicted octanol–water partition coefficient (Wildman–Crippen LogP) is 5.52. The highest BCUT2D eigenvalue weighted by molar-refractivity contribution is 6.34. The molecule has 0 aliphatic rings. The van der Waals surface area contributed by atoms with Gasteiger partial charge in [-0.25, -0.2) is 0 Å². The summed E-state index contributed by atoms with van der Waals surface area (Å²) in [4.78, 5) is 0. The molecule has 0 N–H and O–H groups in total. The van der Waals surface area contributed by atoms with E-state index in [0.717, 1.165) is 12.0 Å². The van der Waals surface area contributed by atoms with E-state index in [1.54, 1.807) is 12.1 Å². The van der Waals surface area contributed by atoms with E-state index in [-0.39, 0.29) is 5.38 Å². The largest absolute Gasteiger partial charge is 0.117 e. The molecule has 1 atom stereocenters. The van der Waals surface area contributed by atoms with Gasteiger partial charge in [0.1, 0.15) is 0 Å². The molecule has 0 aliphatic carbocycles. The summed E-state index contributed by atoms with van der Waals surface area (Å²) in [5, 5.41) is 1.15. The van der Waals surface area contributed by atoms with Crippen molar-refractivity contribution in [2.24, 2.45) is 0 Å². The second-order valence-corrected chi connectivity index (χ2v) is 5.19. The lowest BCUT2D eigenvalue weighted by Gasteiger charge is -2.12.